The first kappa shape index (κ1) is 17.3. The number of nitriles is 1. The van der Waals surface area contributed by atoms with Crippen LogP contribution in [0.25, 0.3) is 11.0 Å². The predicted molar refractivity (Wildman–Crippen MR) is 98.3 cm³/mol. The van der Waals surface area contributed by atoms with E-state index in [9.17, 15) is 10.1 Å². The maximum absolute atomic E-state index is 12.4. The zero-order chi connectivity index (χ0) is 18.0. The Bertz CT molecular complexity index is 1030. The molecular formula is C16H10Cl2N4O2S. The van der Waals surface area contributed by atoms with Gasteiger partial charge in [-0.15, -0.1) is 11.3 Å². The predicted octanol–water partition coefficient (Wildman–Crippen LogP) is 4.26. The molecule has 0 saturated carbocycles. The number of hydrogen-bond acceptors (Lipinski definition) is 5. The molecule has 25 heavy (non-hydrogen) atoms. The number of ether oxygens (including phenoxy) is 1. The maximum Gasteiger partial charge on any atom is 0.266 e. The Morgan fingerprint density at radius 1 is 1.48 bits per heavy atom. The monoisotopic (exact) mass is 392 g/mol. The number of nitrogens with zero attached hydrogens (tertiary/aromatic N) is 3. The van der Waals surface area contributed by atoms with Crippen LogP contribution < -0.4 is 10.1 Å². The van der Waals surface area contributed by atoms with Gasteiger partial charge in [0.25, 0.3) is 5.91 Å². The molecule has 2 aromatic heterocycles. The van der Waals surface area contributed by atoms with Gasteiger partial charge in [0.05, 0.1) is 17.8 Å². The summed E-state index contributed by atoms with van der Waals surface area (Å²) in [5.41, 5.74) is 0.802. The van der Waals surface area contributed by atoms with E-state index in [1.807, 2.05) is 11.4 Å². The Balaban J connectivity index is 1.89. The Hall–Kier alpha value is -2.53. The Labute approximate surface area is 156 Å². The molecule has 3 aromatic rings. The number of carbonyl (C=O) groups excluding carboxylic acids is 1. The number of rotatable bonds is 4. The van der Waals surface area contributed by atoms with Crippen molar-refractivity contribution in [3.05, 3.63) is 51.2 Å². The highest BCUT2D eigenvalue weighted by molar-refractivity contribution is 7.15. The topological polar surface area (TPSA) is 79.4 Å². The molecule has 1 aromatic carbocycles. The van der Waals surface area contributed by atoms with Crippen molar-refractivity contribution in [2.75, 3.05) is 12.4 Å². The summed E-state index contributed by atoms with van der Waals surface area (Å²) in [5.74, 6) is -0.0911. The van der Waals surface area contributed by atoms with Crippen LogP contribution in [0, 0.1) is 11.3 Å². The number of fused-ring (bicyclic) bond motifs is 1. The smallest absolute Gasteiger partial charge is 0.266 e. The van der Waals surface area contributed by atoms with Gasteiger partial charge in [-0.25, -0.2) is 4.98 Å². The lowest BCUT2D eigenvalue weighted by molar-refractivity contribution is -0.112. The molecule has 0 aliphatic rings. The normalized spacial score (nSPS) is 11.4. The van der Waals surface area contributed by atoms with Crippen molar-refractivity contribution in [2.45, 2.75) is 0 Å². The van der Waals surface area contributed by atoms with Gasteiger partial charge in [-0.2, -0.15) is 5.26 Å². The highest BCUT2D eigenvalue weighted by Gasteiger charge is 2.15. The van der Waals surface area contributed by atoms with Crippen molar-refractivity contribution in [1.29, 1.82) is 5.26 Å². The van der Waals surface area contributed by atoms with Gasteiger partial charge < -0.3 is 10.1 Å². The lowest BCUT2D eigenvalue weighted by Crippen LogP contribution is -2.13. The minimum atomic E-state index is -0.579. The lowest BCUT2D eigenvalue weighted by atomic mass is 10.2. The van der Waals surface area contributed by atoms with Gasteiger partial charge in [0, 0.05) is 17.3 Å². The third-order valence-corrected chi connectivity index (χ3v) is 4.64. The van der Waals surface area contributed by atoms with Crippen molar-refractivity contribution in [2.24, 2.45) is 0 Å². The van der Waals surface area contributed by atoms with Gasteiger partial charge in [0.1, 0.15) is 17.4 Å². The van der Waals surface area contributed by atoms with Gasteiger partial charge in [-0.3, -0.25) is 9.20 Å². The van der Waals surface area contributed by atoms with E-state index in [2.05, 4.69) is 10.3 Å². The molecule has 0 bridgehead atoms. The fourth-order valence-corrected chi connectivity index (χ4v) is 3.39. The summed E-state index contributed by atoms with van der Waals surface area (Å²) >= 11 is 13.5. The summed E-state index contributed by atoms with van der Waals surface area (Å²) < 4.78 is 6.77. The minimum Gasteiger partial charge on any atom is -0.495 e. The van der Waals surface area contributed by atoms with Crippen molar-refractivity contribution in [1.82, 2.24) is 9.38 Å². The molecule has 126 valence electrons. The quantitative estimate of drug-likeness (QED) is 0.531. The van der Waals surface area contributed by atoms with Crippen molar-refractivity contribution < 1.29 is 9.53 Å². The van der Waals surface area contributed by atoms with Gasteiger partial charge in [-0.1, -0.05) is 23.2 Å². The van der Waals surface area contributed by atoms with E-state index in [0.29, 0.717) is 27.1 Å². The molecule has 0 unspecified atom stereocenters. The number of hydrogen-bond donors (Lipinski definition) is 1. The summed E-state index contributed by atoms with van der Waals surface area (Å²) in [5, 5.41) is 14.4. The zero-order valence-corrected chi connectivity index (χ0v) is 15.1. The van der Waals surface area contributed by atoms with Crippen LogP contribution in [-0.2, 0) is 4.79 Å². The van der Waals surface area contributed by atoms with E-state index in [0.717, 1.165) is 0 Å². The Morgan fingerprint density at radius 3 is 2.96 bits per heavy atom. The summed E-state index contributed by atoms with van der Waals surface area (Å²) in [6, 6.07) is 6.66. The van der Waals surface area contributed by atoms with Gasteiger partial charge in [0.15, 0.2) is 10.1 Å². The fraction of sp³-hybridized carbons (Fsp3) is 0.0625. The second-order valence-electron chi connectivity index (χ2n) is 4.82. The van der Waals surface area contributed by atoms with E-state index in [4.69, 9.17) is 27.9 Å². The van der Waals surface area contributed by atoms with Crippen molar-refractivity contribution in [3.63, 3.8) is 0 Å². The fourth-order valence-electron chi connectivity index (χ4n) is 2.13. The number of carbonyl (C=O) groups is 1. The SMILES string of the molecule is COc1ccc(NC(=O)/C(C#N)=C/c2c(Cl)nc3sccn23)cc1Cl. The molecule has 0 spiro atoms. The maximum atomic E-state index is 12.4. The van der Waals surface area contributed by atoms with Crippen LogP contribution in [0.1, 0.15) is 5.69 Å². The standard InChI is InChI=1S/C16H10Cl2N4O2S/c1-24-13-3-2-10(7-11(13)17)20-15(23)9(8-19)6-12-14(18)21-16-22(12)4-5-25-16/h2-7H,1H3,(H,20,23)/b9-6+. The van der Waals surface area contributed by atoms with Gasteiger partial charge >= 0.3 is 0 Å². The number of anilines is 1. The molecule has 0 aliphatic heterocycles. The van der Waals surface area contributed by atoms with Crippen LogP contribution in [0.4, 0.5) is 5.69 Å². The highest BCUT2D eigenvalue weighted by Crippen LogP contribution is 2.28. The number of halogens is 2. The summed E-state index contributed by atoms with van der Waals surface area (Å²) in [7, 11) is 1.50. The summed E-state index contributed by atoms with van der Waals surface area (Å²) in [6.45, 7) is 0. The molecule has 0 fully saturated rings. The summed E-state index contributed by atoms with van der Waals surface area (Å²) in [4.78, 5) is 17.2. The van der Waals surface area contributed by atoms with Gasteiger partial charge in [-0.05, 0) is 24.3 Å². The van der Waals surface area contributed by atoms with Crippen LogP contribution in [0.2, 0.25) is 10.2 Å². The molecule has 1 N–H and O–H groups in total. The van der Waals surface area contributed by atoms with E-state index >= 15 is 0 Å². The average molecular weight is 393 g/mol. The van der Waals surface area contributed by atoms with Crippen LogP contribution in [0.3, 0.4) is 0 Å². The van der Waals surface area contributed by atoms with Crippen molar-refractivity contribution in [3.8, 4) is 11.8 Å². The van der Waals surface area contributed by atoms with Crippen molar-refractivity contribution >= 4 is 57.2 Å². The third kappa shape index (κ3) is 3.46. The first-order chi connectivity index (χ1) is 12.0. The van der Waals surface area contributed by atoms with E-state index < -0.39 is 5.91 Å². The largest absolute Gasteiger partial charge is 0.495 e. The number of thiazole rings is 1. The molecule has 0 aliphatic carbocycles. The molecule has 3 rings (SSSR count). The molecule has 2 heterocycles. The highest BCUT2D eigenvalue weighted by atomic mass is 35.5. The van der Waals surface area contributed by atoms with Crippen LogP contribution in [-0.4, -0.2) is 22.4 Å². The first-order valence-corrected chi connectivity index (χ1v) is 8.54. The third-order valence-electron chi connectivity index (χ3n) is 3.31. The number of nitrogens with one attached hydrogen (secondary N) is 1. The second kappa shape index (κ2) is 7.15. The molecule has 1 amide bonds. The number of amides is 1. The molecule has 0 radical (unpaired) electrons. The zero-order valence-electron chi connectivity index (χ0n) is 12.8. The first-order valence-electron chi connectivity index (χ1n) is 6.91. The van der Waals surface area contributed by atoms with E-state index in [1.165, 1.54) is 30.6 Å². The average Bonchev–Trinajstić information content (AvgIpc) is 3.14. The van der Waals surface area contributed by atoms with Crippen LogP contribution >= 0.6 is 34.5 Å². The Kier molecular flexibility index (Phi) is 4.95. The molecule has 0 saturated heterocycles. The van der Waals surface area contributed by atoms with E-state index in [-0.39, 0.29) is 10.7 Å². The Morgan fingerprint density at radius 2 is 2.28 bits per heavy atom. The molecule has 6 nitrogen and oxygen atoms in total. The number of benzene rings is 1. The van der Waals surface area contributed by atoms with E-state index in [1.54, 1.807) is 22.7 Å². The number of methoxy groups -OCH3 is 1. The van der Waals surface area contributed by atoms with Crippen LogP contribution in [0.5, 0.6) is 5.75 Å². The number of imidazole rings is 1. The molecule has 0 atom stereocenters. The lowest BCUT2D eigenvalue weighted by Gasteiger charge is -2.07. The second-order valence-corrected chi connectivity index (χ2v) is 6.45. The van der Waals surface area contributed by atoms with Gasteiger partial charge in [0.2, 0.25) is 0 Å². The molecular weight excluding hydrogens is 383 g/mol. The molecule has 9 heteroatoms. The van der Waals surface area contributed by atoms with Crippen LogP contribution in [0.15, 0.2) is 35.3 Å². The summed E-state index contributed by atoms with van der Waals surface area (Å²) in [6.07, 6.45) is 3.16. The number of aromatic nitrogens is 2. The minimum absolute atomic E-state index is 0.109.